The molecular formula is C12H17-. The maximum Gasteiger partial charge on any atom is -0.0416 e. The molecule has 0 fully saturated rings. The highest BCUT2D eigenvalue weighted by molar-refractivity contribution is 5.44. The molecular weight excluding hydrogens is 144 g/mol. The van der Waals surface area contributed by atoms with Crippen LogP contribution in [0, 0.1) is 26.7 Å². The fourth-order valence-electron chi connectivity index (χ4n) is 1.50. The van der Waals surface area contributed by atoms with Crippen LogP contribution in [0.3, 0.4) is 0 Å². The Morgan fingerprint density at radius 3 is 2.00 bits per heavy atom. The number of aryl methyl sites for hydroxylation is 1. The van der Waals surface area contributed by atoms with E-state index in [1.54, 1.807) is 0 Å². The van der Waals surface area contributed by atoms with Crippen LogP contribution in [0.5, 0.6) is 0 Å². The van der Waals surface area contributed by atoms with Gasteiger partial charge < -0.3 is 0 Å². The van der Waals surface area contributed by atoms with Gasteiger partial charge in [-0.2, -0.15) is 17.5 Å². The molecule has 0 bridgehead atoms. The van der Waals surface area contributed by atoms with Gasteiger partial charge in [0.1, 0.15) is 0 Å². The second-order valence-corrected chi connectivity index (χ2v) is 3.68. The maximum absolute atomic E-state index is 2.22. The fraction of sp³-hybridized carbons (Fsp3) is 0.417. The van der Waals surface area contributed by atoms with E-state index in [0.29, 0.717) is 0 Å². The van der Waals surface area contributed by atoms with E-state index in [4.69, 9.17) is 0 Å². The zero-order valence-electron chi connectivity index (χ0n) is 8.65. The predicted octanol–water partition coefficient (Wildman–Crippen LogP) is 3.57. The summed E-state index contributed by atoms with van der Waals surface area (Å²) in [6.45, 7) is 10.9. The molecule has 0 radical (unpaired) electrons. The summed E-state index contributed by atoms with van der Waals surface area (Å²) in [7, 11) is 0. The van der Waals surface area contributed by atoms with E-state index in [9.17, 15) is 0 Å². The Morgan fingerprint density at radius 1 is 0.917 bits per heavy atom. The highest BCUT2D eigenvalue weighted by Gasteiger charge is 1.96. The van der Waals surface area contributed by atoms with Crippen molar-refractivity contribution in [3.63, 3.8) is 0 Å². The first-order chi connectivity index (χ1) is 5.54. The summed E-state index contributed by atoms with van der Waals surface area (Å²) in [5, 5.41) is 0. The minimum Gasteiger partial charge on any atom is -0.186 e. The van der Waals surface area contributed by atoms with E-state index in [1.165, 1.54) is 28.2 Å². The maximum atomic E-state index is 2.22. The van der Waals surface area contributed by atoms with Crippen LogP contribution in [0.2, 0.25) is 0 Å². The smallest absolute Gasteiger partial charge is 0.0416 e. The van der Waals surface area contributed by atoms with Gasteiger partial charge in [0.15, 0.2) is 0 Å². The van der Waals surface area contributed by atoms with Gasteiger partial charge >= 0.3 is 0 Å². The van der Waals surface area contributed by atoms with E-state index in [2.05, 4.69) is 46.8 Å². The molecule has 0 N–H and O–H groups in total. The lowest BCUT2D eigenvalue weighted by Gasteiger charge is -2.23. The highest BCUT2D eigenvalue weighted by Crippen LogP contribution is 2.22. The number of rotatable bonds is 1. The first-order valence-corrected chi connectivity index (χ1v) is 4.41. The molecule has 0 heterocycles. The van der Waals surface area contributed by atoms with E-state index in [0.717, 1.165) is 0 Å². The molecule has 0 unspecified atom stereocenters. The summed E-state index contributed by atoms with van der Waals surface area (Å²) >= 11 is 0. The molecule has 0 amide bonds. The Balaban J connectivity index is 3.27. The fourth-order valence-corrected chi connectivity index (χ4v) is 1.50. The van der Waals surface area contributed by atoms with Gasteiger partial charge in [-0.15, -0.1) is 17.2 Å². The van der Waals surface area contributed by atoms with Gasteiger partial charge in [0.25, 0.3) is 0 Å². The van der Waals surface area contributed by atoms with E-state index < -0.39 is 0 Å². The third kappa shape index (κ3) is 1.47. The number of hydrogen-bond donors (Lipinski definition) is 0. The molecule has 66 valence electrons. The lowest BCUT2D eigenvalue weighted by Crippen LogP contribution is -1.96. The van der Waals surface area contributed by atoms with Crippen LogP contribution in [-0.2, 0) is 0 Å². The molecule has 12 heavy (non-hydrogen) atoms. The van der Waals surface area contributed by atoms with E-state index in [1.807, 2.05) is 0 Å². The molecule has 1 aromatic rings. The van der Waals surface area contributed by atoms with Gasteiger partial charge in [-0.1, -0.05) is 33.3 Å². The lowest BCUT2D eigenvalue weighted by molar-refractivity contribution is 1.10. The Bertz CT molecular complexity index is 282. The van der Waals surface area contributed by atoms with Crippen LogP contribution >= 0.6 is 0 Å². The molecule has 0 saturated carbocycles. The Labute approximate surface area is 75.6 Å². The molecule has 0 aliphatic rings. The molecule has 0 saturated heterocycles. The first-order valence-electron chi connectivity index (χ1n) is 4.41. The van der Waals surface area contributed by atoms with Crippen LogP contribution in [0.1, 0.15) is 36.1 Å². The summed E-state index contributed by atoms with van der Waals surface area (Å²) in [5.74, 6) is 1.40. The standard InChI is InChI=1S/C12H17/c1-8(2)12-7-6-9(3)10(4)11(12)5/h6-7H,1-5H3/q-1. The molecule has 1 aromatic carbocycles. The summed E-state index contributed by atoms with van der Waals surface area (Å²) < 4.78 is 0. The number of benzene rings is 1. The Morgan fingerprint density at radius 2 is 1.50 bits per heavy atom. The zero-order chi connectivity index (χ0) is 9.30. The second-order valence-electron chi connectivity index (χ2n) is 3.68. The van der Waals surface area contributed by atoms with Gasteiger partial charge in [0, 0.05) is 0 Å². The minimum atomic E-state index is 1.39. The second kappa shape index (κ2) is 3.22. The summed E-state index contributed by atoms with van der Waals surface area (Å²) in [4.78, 5) is 0. The van der Waals surface area contributed by atoms with Crippen molar-refractivity contribution in [2.75, 3.05) is 0 Å². The lowest BCUT2D eigenvalue weighted by atomic mass is 9.92. The summed E-state index contributed by atoms with van der Waals surface area (Å²) in [6.07, 6.45) is 0. The van der Waals surface area contributed by atoms with Crippen LogP contribution < -0.4 is 0 Å². The Kier molecular flexibility index (Phi) is 2.46. The third-order valence-electron chi connectivity index (χ3n) is 2.60. The largest absolute Gasteiger partial charge is 0.186 e. The molecule has 0 aromatic heterocycles. The van der Waals surface area contributed by atoms with Crippen LogP contribution in [-0.4, -0.2) is 0 Å². The van der Waals surface area contributed by atoms with Crippen LogP contribution in [0.25, 0.3) is 0 Å². The van der Waals surface area contributed by atoms with Crippen molar-refractivity contribution in [1.82, 2.24) is 0 Å². The summed E-state index contributed by atoms with van der Waals surface area (Å²) in [6, 6.07) is 4.41. The molecule has 0 aliphatic carbocycles. The molecule has 0 heteroatoms. The first kappa shape index (κ1) is 9.18. The van der Waals surface area contributed by atoms with Gasteiger partial charge in [-0.3, -0.25) is 0 Å². The molecule has 0 nitrogen and oxygen atoms in total. The van der Waals surface area contributed by atoms with Crippen molar-refractivity contribution in [3.05, 3.63) is 40.3 Å². The quantitative estimate of drug-likeness (QED) is 0.552. The van der Waals surface area contributed by atoms with E-state index >= 15 is 0 Å². The van der Waals surface area contributed by atoms with Gasteiger partial charge in [0.05, 0.1) is 0 Å². The minimum absolute atomic E-state index is 1.39. The summed E-state index contributed by atoms with van der Waals surface area (Å²) in [5.41, 5.74) is 5.64. The van der Waals surface area contributed by atoms with Gasteiger partial charge in [-0.05, 0) is 6.92 Å². The molecule has 0 spiro atoms. The SMILES string of the molecule is Cc1ccc([C-](C)C)c(C)c1C. The monoisotopic (exact) mass is 161 g/mol. The van der Waals surface area contributed by atoms with Crippen molar-refractivity contribution in [2.45, 2.75) is 34.6 Å². The average molecular weight is 161 g/mol. The topological polar surface area (TPSA) is 0 Å². The molecule has 1 rings (SSSR count). The van der Waals surface area contributed by atoms with Crippen LogP contribution in [0.15, 0.2) is 12.1 Å². The van der Waals surface area contributed by atoms with Gasteiger partial charge in [0.2, 0.25) is 0 Å². The van der Waals surface area contributed by atoms with Crippen molar-refractivity contribution in [2.24, 2.45) is 0 Å². The third-order valence-corrected chi connectivity index (χ3v) is 2.60. The van der Waals surface area contributed by atoms with Crippen molar-refractivity contribution >= 4 is 0 Å². The molecule has 0 aliphatic heterocycles. The number of hydrogen-bond acceptors (Lipinski definition) is 0. The normalized spacial score (nSPS) is 10.1. The van der Waals surface area contributed by atoms with Crippen molar-refractivity contribution in [1.29, 1.82) is 0 Å². The van der Waals surface area contributed by atoms with Crippen LogP contribution in [0.4, 0.5) is 0 Å². The van der Waals surface area contributed by atoms with E-state index in [-0.39, 0.29) is 0 Å². The zero-order valence-corrected chi connectivity index (χ0v) is 8.65. The predicted molar refractivity (Wildman–Crippen MR) is 54.3 cm³/mol. The highest BCUT2D eigenvalue weighted by atomic mass is 14.1. The Hall–Kier alpha value is -0.910. The molecule has 0 atom stereocenters. The van der Waals surface area contributed by atoms with Crippen molar-refractivity contribution in [3.8, 4) is 0 Å². The average Bonchev–Trinajstić information content (AvgIpc) is 2.00. The van der Waals surface area contributed by atoms with Gasteiger partial charge in [-0.25, -0.2) is 0 Å². The van der Waals surface area contributed by atoms with Crippen molar-refractivity contribution < 1.29 is 0 Å².